The lowest BCUT2D eigenvalue weighted by Crippen LogP contribution is -2.04. The molecule has 0 aliphatic carbocycles. The fourth-order valence-electron chi connectivity index (χ4n) is 10.3. The predicted molar refractivity (Wildman–Crippen MR) is 263 cm³/mol. The quantitative estimate of drug-likeness (QED) is 0.174. The normalized spacial score (nSPS) is 12.1. The lowest BCUT2D eigenvalue weighted by atomic mass is 10.0. The average molecular weight is 818 g/mol. The molecule has 6 nitrogen and oxygen atoms in total. The Bertz CT molecular complexity index is 3930. The first-order valence-electron chi connectivity index (χ1n) is 21.6. The summed E-state index contributed by atoms with van der Waals surface area (Å²) >= 11 is 0. The van der Waals surface area contributed by atoms with Crippen LogP contribution in [-0.2, 0) is 0 Å². The van der Waals surface area contributed by atoms with E-state index in [-0.39, 0.29) is 0 Å². The summed E-state index contributed by atoms with van der Waals surface area (Å²) in [6, 6.07) is 71.3. The number of para-hydroxylation sites is 6. The van der Waals surface area contributed by atoms with Gasteiger partial charge in [-0.15, -0.1) is 0 Å². The Morgan fingerprint density at radius 1 is 0.297 bits per heavy atom. The Morgan fingerprint density at radius 2 is 0.688 bits per heavy atom. The van der Waals surface area contributed by atoms with Crippen LogP contribution in [0.1, 0.15) is 0 Å². The van der Waals surface area contributed by atoms with Gasteiger partial charge in [-0.3, -0.25) is 14.1 Å². The molecule has 0 aliphatic heterocycles. The lowest BCUT2D eigenvalue weighted by molar-refractivity contribution is 0.669. The van der Waals surface area contributed by atoms with Crippen LogP contribution >= 0.6 is 0 Å². The fraction of sp³-hybridized carbons (Fsp3) is 0. The number of rotatable bonds is 5. The van der Waals surface area contributed by atoms with Crippen LogP contribution in [0.2, 0.25) is 0 Å². The lowest BCUT2D eigenvalue weighted by Gasteiger charge is -2.15. The van der Waals surface area contributed by atoms with Crippen LogP contribution in [0.25, 0.3) is 127 Å². The van der Waals surface area contributed by atoms with Gasteiger partial charge in [0.2, 0.25) is 0 Å². The summed E-state index contributed by atoms with van der Waals surface area (Å²) in [5, 5.41) is 9.38. The molecule has 6 heterocycles. The van der Waals surface area contributed by atoms with Crippen LogP contribution < -0.4 is 0 Å². The summed E-state index contributed by atoms with van der Waals surface area (Å²) in [5.74, 6) is 1.67. The zero-order chi connectivity index (χ0) is 41.9. The summed E-state index contributed by atoms with van der Waals surface area (Å²) in [4.78, 5) is 10.4. The Balaban J connectivity index is 0.955. The van der Waals surface area contributed by atoms with Crippen LogP contribution in [-0.4, -0.2) is 23.7 Å². The van der Waals surface area contributed by atoms with Gasteiger partial charge in [0.25, 0.3) is 0 Å². The molecule has 0 N–H and O–H groups in total. The topological polar surface area (TPSA) is 53.7 Å². The third kappa shape index (κ3) is 5.08. The van der Waals surface area contributed by atoms with E-state index < -0.39 is 0 Å². The Kier molecular flexibility index (Phi) is 7.30. The van der Waals surface area contributed by atoms with Crippen molar-refractivity contribution in [1.82, 2.24) is 23.7 Å². The van der Waals surface area contributed by atoms with Crippen molar-refractivity contribution in [3.63, 3.8) is 0 Å². The summed E-state index contributed by atoms with van der Waals surface area (Å²) in [6.45, 7) is 0. The highest BCUT2D eigenvalue weighted by molar-refractivity contribution is 6.12. The van der Waals surface area contributed by atoms with Crippen molar-refractivity contribution in [2.45, 2.75) is 0 Å². The molecule has 0 saturated carbocycles. The first kappa shape index (κ1) is 34.9. The van der Waals surface area contributed by atoms with Crippen molar-refractivity contribution in [1.29, 1.82) is 0 Å². The minimum atomic E-state index is 0.836. The Morgan fingerprint density at radius 3 is 1.16 bits per heavy atom. The molecule has 0 aliphatic rings. The third-order valence-corrected chi connectivity index (χ3v) is 13.1. The summed E-state index contributed by atoms with van der Waals surface area (Å²) in [6.07, 6.45) is 3.92. The van der Waals surface area contributed by atoms with Crippen LogP contribution in [0.15, 0.2) is 217 Å². The van der Waals surface area contributed by atoms with Crippen LogP contribution in [0, 0.1) is 0 Å². The number of hydrogen-bond donors (Lipinski definition) is 0. The summed E-state index contributed by atoms with van der Waals surface area (Å²) in [7, 11) is 0. The van der Waals surface area contributed by atoms with Gasteiger partial charge in [-0.1, -0.05) is 115 Å². The minimum Gasteiger partial charge on any atom is -0.456 e. The van der Waals surface area contributed by atoms with E-state index in [0.717, 1.165) is 83.6 Å². The van der Waals surface area contributed by atoms with Gasteiger partial charge in [-0.05, 0) is 96.1 Å². The summed E-state index contributed by atoms with van der Waals surface area (Å²) < 4.78 is 13.4. The number of nitrogens with zero attached hydrogens (tertiary/aromatic N) is 5. The maximum atomic E-state index is 6.47. The molecule has 6 aromatic heterocycles. The van der Waals surface area contributed by atoms with Crippen LogP contribution in [0.5, 0.6) is 0 Å². The SMILES string of the molecule is c1ccc2c(c1)c1ccccc1n2-c1ccc2oc3ccc(-c4cncc(-c5cc(-n6c7ccccc7c7ccccc76)nc(-n6c7ccccc7c7ccccc76)c5)c4)cc3c2c1. The number of benzene rings is 8. The van der Waals surface area contributed by atoms with Gasteiger partial charge in [-0.2, -0.15) is 0 Å². The van der Waals surface area contributed by atoms with Gasteiger partial charge in [0.15, 0.2) is 0 Å². The van der Waals surface area contributed by atoms with E-state index in [1.165, 1.54) is 43.4 Å². The number of furan rings is 1. The standard InChI is InChI=1S/C58H35N5O/c1-7-19-49-41(13-1)42-14-2-8-20-50(42)61(49)40-26-28-56-48(33-40)47-30-36(25-27-55(47)64-56)38-29-39(35-59-34-38)37-31-57(62-51-21-9-3-15-43(51)44-16-4-10-22-52(44)62)60-58(32-37)63-53-23-11-5-17-45(53)46-18-6-12-24-54(46)63/h1-35H. The van der Waals surface area contributed by atoms with Gasteiger partial charge in [0, 0.05) is 72.3 Å². The van der Waals surface area contributed by atoms with Gasteiger partial charge in [0.05, 0.1) is 33.1 Å². The number of pyridine rings is 2. The minimum absolute atomic E-state index is 0.836. The first-order valence-corrected chi connectivity index (χ1v) is 21.6. The van der Waals surface area contributed by atoms with Crippen molar-refractivity contribution in [2.24, 2.45) is 0 Å². The van der Waals surface area contributed by atoms with Gasteiger partial charge < -0.3 is 8.98 Å². The first-order chi connectivity index (χ1) is 31.7. The van der Waals surface area contributed by atoms with Crippen molar-refractivity contribution in [3.8, 4) is 39.6 Å². The van der Waals surface area contributed by atoms with E-state index >= 15 is 0 Å². The molecule has 298 valence electrons. The highest BCUT2D eigenvalue weighted by atomic mass is 16.3. The van der Waals surface area contributed by atoms with E-state index in [4.69, 9.17) is 14.4 Å². The van der Waals surface area contributed by atoms with E-state index in [9.17, 15) is 0 Å². The van der Waals surface area contributed by atoms with Gasteiger partial charge >= 0.3 is 0 Å². The second-order valence-electron chi connectivity index (χ2n) is 16.6. The van der Waals surface area contributed by atoms with Crippen molar-refractivity contribution in [3.05, 3.63) is 213 Å². The molecule has 0 atom stereocenters. The molecule has 6 heteroatoms. The molecule has 14 aromatic rings. The number of hydrogen-bond acceptors (Lipinski definition) is 3. The maximum Gasteiger partial charge on any atom is 0.140 e. The molecule has 0 amide bonds. The molecule has 0 fully saturated rings. The smallest absolute Gasteiger partial charge is 0.140 e. The van der Waals surface area contributed by atoms with E-state index in [0.29, 0.717) is 0 Å². The van der Waals surface area contributed by atoms with E-state index in [1.54, 1.807) is 0 Å². The van der Waals surface area contributed by atoms with E-state index in [2.05, 4.69) is 214 Å². The monoisotopic (exact) mass is 817 g/mol. The molecule has 0 radical (unpaired) electrons. The maximum absolute atomic E-state index is 6.47. The van der Waals surface area contributed by atoms with Crippen molar-refractivity contribution >= 4 is 87.4 Å². The zero-order valence-corrected chi connectivity index (χ0v) is 34.4. The van der Waals surface area contributed by atoms with Gasteiger partial charge in [0.1, 0.15) is 22.8 Å². The number of aromatic nitrogens is 5. The zero-order valence-electron chi connectivity index (χ0n) is 34.4. The average Bonchev–Trinajstić information content (AvgIpc) is 4.10. The highest BCUT2D eigenvalue weighted by Crippen LogP contribution is 2.40. The predicted octanol–water partition coefficient (Wildman–Crippen LogP) is 15.0. The molecular formula is C58H35N5O. The molecule has 64 heavy (non-hydrogen) atoms. The van der Waals surface area contributed by atoms with Crippen LogP contribution in [0.3, 0.4) is 0 Å². The van der Waals surface area contributed by atoms with Crippen molar-refractivity contribution in [2.75, 3.05) is 0 Å². The molecular weight excluding hydrogens is 783 g/mol. The second kappa shape index (κ2) is 13.4. The molecule has 8 aromatic carbocycles. The molecule has 0 saturated heterocycles. The second-order valence-corrected chi connectivity index (χ2v) is 16.6. The Hall–Kier alpha value is -8.74. The highest BCUT2D eigenvalue weighted by Gasteiger charge is 2.20. The van der Waals surface area contributed by atoms with Gasteiger partial charge in [-0.25, -0.2) is 4.98 Å². The molecule has 14 rings (SSSR count). The largest absolute Gasteiger partial charge is 0.456 e. The van der Waals surface area contributed by atoms with Crippen molar-refractivity contribution < 1.29 is 4.42 Å². The Labute approximate surface area is 366 Å². The van der Waals surface area contributed by atoms with E-state index in [1.807, 2.05) is 12.4 Å². The summed E-state index contributed by atoms with van der Waals surface area (Å²) in [5.41, 5.74) is 13.7. The molecule has 0 spiro atoms. The molecule has 0 bridgehead atoms. The van der Waals surface area contributed by atoms with Crippen LogP contribution in [0.4, 0.5) is 0 Å². The fourth-order valence-corrected chi connectivity index (χ4v) is 10.3. The number of fused-ring (bicyclic) bond motifs is 12. The molecule has 0 unspecified atom stereocenters. The third-order valence-electron chi connectivity index (χ3n) is 13.1.